The molecule has 0 radical (unpaired) electrons. The zero-order valence-electron chi connectivity index (χ0n) is 10.0. The third-order valence-corrected chi connectivity index (χ3v) is 3.44. The Bertz CT molecular complexity index is 380. The second-order valence-corrected chi connectivity index (χ2v) is 5.45. The predicted octanol–water partition coefficient (Wildman–Crippen LogP) is 2.29. The van der Waals surface area contributed by atoms with Crippen LogP contribution < -0.4 is 10.6 Å². The first-order chi connectivity index (χ1) is 8.16. The van der Waals surface area contributed by atoms with Gasteiger partial charge in [-0.15, -0.1) is 0 Å². The Balaban J connectivity index is 2.00. The van der Waals surface area contributed by atoms with Crippen LogP contribution in [0.15, 0.2) is 16.7 Å². The largest absolute Gasteiger partial charge is 0.396 e. The zero-order valence-corrected chi connectivity index (χ0v) is 11.6. The lowest BCUT2D eigenvalue weighted by molar-refractivity contribution is 0.0576. The summed E-state index contributed by atoms with van der Waals surface area (Å²) in [4.78, 5) is 6.47. The van der Waals surface area contributed by atoms with Crippen molar-refractivity contribution in [1.29, 1.82) is 0 Å². The molecule has 2 heterocycles. The van der Waals surface area contributed by atoms with Gasteiger partial charge in [0.05, 0.1) is 12.3 Å². The van der Waals surface area contributed by atoms with Crippen molar-refractivity contribution in [3.63, 3.8) is 0 Å². The van der Waals surface area contributed by atoms with Gasteiger partial charge in [0.15, 0.2) is 5.82 Å². The first-order valence-electron chi connectivity index (χ1n) is 5.86. The summed E-state index contributed by atoms with van der Waals surface area (Å²) < 4.78 is 6.39. The maximum atomic E-state index is 5.96. The van der Waals surface area contributed by atoms with Crippen molar-refractivity contribution in [2.45, 2.75) is 12.8 Å². The van der Waals surface area contributed by atoms with E-state index in [1.807, 2.05) is 13.1 Å². The second-order valence-electron chi connectivity index (χ2n) is 4.53. The molecule has 1 aliphatic heterocycles. The molecule has 1 atom stereocenters. The van der Waals surface area contributed by atoms with Gasteiger partial charge in [-0.25, -0.2) is 4.98 Å². The topological polar surface area (TPSA) is 51.4 Å². The van der Waals surface area contributed by atoms with Gasteiger partial charge >= 0.3 is 0 Å². The van der Waals surface area contributed by atoms with Crippen molar-refractivity contribution < 1.29 is 4.74 Å². The van der Waals surface area contributed by atoms with Crippen LogP contribution in [0.3, 0.4) is 0 Å². The van der Waals surface area contributed by atoms with Crippen LogP contribution in [0.4, 0.5) is 11.5 Å². The van der Waals surface area contributed by atoms with E-state index >= 15 is 0 Å². The summed E-state index contributed by atoms with van der Waals surface area (Å²) in [5.41, 5.74) is 6.67. The van der Waals surface area contributed by atoms with Gasteiger partial charge < -0.3 is 15.4 Å². The maximum Gasteiger partial charge on any atom is 0.151 e. The van der Waals surface area contributed by atoms with Crippen LogP contribution in [0, 0.1) is 5.92 Å². The minimum absolute atomic E-state index is 0.582. The Kier molecular flexibility index (Phi) is 4.23. The molecule has 1 unspecified atom stereocenters. The molecule has 1 aliphatic rings. The monoisotopic (exact) mass is 299 g/mol. The Labute approximate surface area is 110 Å². The number of ether oxygens (including phenoxy) is 1. The predicted molar refractivity (Wildman–Crippen MR) is 73.2 cm³/mol. The number of nitrogens with zero attached hydrogens (tertiary/aromatic N) is 2. The Morgan fingerprint density at radius 3 is 3.12 bits per heavy atom. The summed E-state index contributed by atoms with van der Waals surface area (Å²) in [6, 6.07) is 1.89. The van der Waals surface area contributed by atoms with E-state index in [0.29, 0.717) is 11.6 Å². The summed E-state index contributed by atoms with van der Waals surface area (Å²) in [5.74, 6) is 1.43. The first-order valence-corrected chi connectivity index (χ1v) is 6.66. The first kappa shape index (κ1) is 12.6. The van der Waals surface area contributed by atoms with Crippen LogP contribution in [-0.4, -0.2) is 31.8 Å². The van der Waals surface area contributed by atoms with E-state index in [-0.39, 0.29) is 0 Å². The Hall–Kier alpha value is -0.810. The van der Waals surface area contributed by atoms with Crippen molar-refractivity contribution >= 4 is 27.4 Å². The van der Waals surface area contributed by atoms with Crippen LogP contribution >= 0.6 is 15.9 Å². The van der Waals surface area contributed by atoms with Crippen LogP contribution in [0.1, 0.15) is 12.8 Å². The molecule has 17 heavy (non-hydrogen) atoms. The molecule has 0 amide bonds. The molecule has 4 nitrogen and oxygen atoms in total. The van der Waals surface area contributed by atoms with Gasteiger partial charge in [-0.2, -0.15) is 0 Å². The molecule has 0 saturated carbocycles. The van der Waals surface area contributed by atoms with E-state index in [9.17, 15) is 0 Å². The van der Waals surface area contributed by atoms with Gasteiger partial charge in [0.2, 0.25) is 0 Å². The normalized spacial score (nSPS) is 20.2. The van der Waals surface area contributed by atoms with Gasteiger partial charge in [0.1, 0.15) is 0 Å². The van der Waals surface area contributed by atoms with Crippen molar-refractivity contribution in [3.8, 4) is 0 Å². The van der Waals surface area contributed by atoms with Crippen molar-refractivity contribution in [2.75, 3.05) is 37.4 Å². The van der Waals surface area contributed by atoms with Crippen LogP contribution in [-0.2, 0) is 4.74 Å². The van der Waals surface area contributed by atoms with Gasteiger partial charge in [-0.1, -0.05) is 0 Å². The number of nitrogens with two attached hydrogens (primary N) is 1. The van der Waals surface area contributed by atoms with Crippen LogP contribution in [0.25, 0.3) is 0 Å². The Morgan fingerprint density at radius 1 is 1.65 bits per heavy atom. The fraction of sp³-hybridized carbons (Fsp3) is 0.583. The lowest BCUT2D eigenvalue weighted by atomic mass is 10.0. The Morgan fingerprint density at radius 2 is 2.47 bits per heavy atom. The number of hydrogen-bond acceptors (Lipinski definition) is 4. The van der Waals surface area contributed by atoms with Gasteiger partial charge in [0.25, 0.3) is 0 Å². The average molecular weight is 300 g/mol. The van der Waals surface area contributed by atoms with E-state index < -0.39 is 0 Å². The molecule has 2 rings (SSSR count). The summed E-state index contributed by atoms with van der Waals surface area (Å²) in [6.07, 6.45) is 4.15. The number of aromatic nitrogens is 1. The van der Waals surface area contributed by atoms with Crippen LogP contribution in [0.2, 0.25) is 0 Å². The fourth-order valence-corrected chi connectivity index (χ4v) is 2.54. The van der Waals surface area contributed by atoms with Crippen molar-refractivity contribution in [2.24, 2.45) is 5.92 Å². The summed E-state index contributed by atoms with van der Waals surface area (Å²) in [5, 5.41) is 0. The molecule has 0 bridgehead atoms. The highest BCUT2D eigenvalue weighted by atomic mass is 79.9. The lowest BCUT2D eigenvalue weighted by Crippen LogP contribution is -2.31. The number of pyridine rings is 1. The number of anilines is 2. The molecule has 94 valence electrons. The summed E-state index contributed by atoms with van der Waals surface area (Å²) in [7, 11) is 2.03. The molecule has 1 fully saturated rings. The number of halogens is 1. The third kappa shape index (κ3) is 3.33. The average Bonchev–Trinajstić information content (AvgIpc) is 2.30. The van der Waals surface area contributed by atoms with Crippen LogP contribution in [0.5, 0.6) is 0 Å². The fourth-order valence-electron chi connectivity index (χ4n) is 2.19. The zero-order chi connectivity index (χ0) is 12.3. The van der Waals surface area contributed by atoms with Gasteiger partial charge in [-0.05, 0) is 40.8 Å². The molecule has 0 aromatic carbocycles. The molecule has 1 saturated heterocycles. The molecule has 1 aromatic heterocycles. The SMILES string of the molecule is CN(CC1CCCOC1)c1ncc(Br)cc1N. The smallest absolute Gasteiger partial charge is 0.151 e. The highest BCUT2D eigenvalue weighted by Gasteiger charge is 2.17. The number of nitrogen functional groups attached to an aromatic ring is 1. The van der Waals surface area contributed by atoms with E-state index in [4.69, 9.17) is 10.5 Å². The number of hydrogen-bond donors (Lipinski definition) is 1. The molecule has 2 N–H and O–H groups in total. The van der Waals surface area contributed by atoms with Crippen molar-refractivity contribution in [3.05, 3.63) is 16.7 Å². The van der Waals surface area contributed by atoms with E-state index in [0.717, 1.165) is 36.5 Å². The minimum Gasteiger partial charge on any atom is -0.396 e. The second kappa shape index (κ2) is 5.69. The maximum absolute atomic E-state index is 5.96. The lowest BCUT2D eigenvalue weighted by Gasteiger charge is -2.28. The summed E-state index contributed by atoms with van der Waals surface area (Å²) in [6.45, 7) is 2.69. The van der Waals surface area contributed by atoms with E-state index in [1.165, 1.54) is 6.42 Å². The van der Waals surface area contributed by atoms with E-state index in [1.54, 1.807) is 6.20 Å². The third-order valence-electron chi connectivity index (χ3n) is 3.01. The molecule has 5 heteroatoms. The van der Waals surface area contributed by atoms with Crippen molar-refractivity contribution in [1.82, 2.24) is 4.98 Å². The summed E-state index contributed by atoms with van der Waals surface area (Å²) >= 11 is 3.36. The molecule has 1 aromatic rings. The van der Waals surface area contributed by atoms with Gasteiger partial charge in [-0.3, -0.25) is 0 Å². The molecular formula is C12H18BrN3O. The highest BCUT2D eigenvalue weighted by molar-refractivity contribution is 9.10. The molecule has 0 aliphatic carbocycles. The molecule has 0 spiro atoms. The van der Waals surface area contributed by atoms with E-state index in [2.05, 4.69) is 25.8 Å². The minimum atomic E-state index is 0.582. The quantitative estimate of drug-likeness (QED) is 0.930. The number of rotatable bonds is 3. The standard InChI is InChI=1S/C12H18BrN3O/c1-16(7-9-3-2-4-17-8-9)12-11(14)5-10(13)6-15-12/h5-6,9H,2-4,7-8,14H2,1H3. The highest BCUT2D eigenvalue weighted by Crippen LogP contribution is 2.24. The molecular weight excluding hydrogens is 282 g/mol. The van der Waals surface area contributed by atoms with Gasteiger partial charge in [0, 0.05) is 30.9 Å².